The predicted molar refractivity (Wildman–Crippen MR) is 92.4 cm³/mol. The largest absolute Gasteiger partial charge is 0.497 e. The molecule has 5 heteroatoms. The van der Waals surface area contributed by atoms with Crippen LogP contribution >= 0.6 is 0 Å². The summed E-state index contributed by atoms with van der Waals surface area (Å²) in [5, 5.41) is 2.94. The lowest BCUT2D eigenvalue weighted by Crippen LogP contribution is -2.41. The molecule has 2 amide bonds. The molecule has 24 heavy (non-hydrogen) atoms. The first-order valence-corrected chi connectivity index (χ1v) is 8.02. The Hall–Kier alpha value is -2.69. The number of amides is 2. The van der Waals surface area contributed by atoms with Gasteiger partial charge in [-0.2, -0.15) is 0 Å². The van der Waals surface area contributed by atoms with E-state index in [1.54, 1.807) is 19.1 Å². The molecule has 5 nitrogen and oxygen atoms in total. The van der Waals surface area contributed by atoms with Crippen LogP contribution in [0.4, 0.5) is 4.79 Å². The summed E-state index contributed by atoms with van der Waals surface area (Å²) < 4.78 is 11.0. The van der Waals surface area contributed by atoms with Gasteiger partial charge in [-0.3, -0.25) is 0 Å². The second kappa shape index (κ2) is 7.25. The van der Waals surface area contributed by atoms with Crippen LogP contribution in [0, 0.1) is 0 Å². The predicted octanol–water partition coefficient (Wildman–Crippen LogP) is 2.84. The lowest BCUT2D eigenvalue weighted by molar-refractivity contribution is 0.191. The fraction of sp³-hybridized carbons (Fsp3) is 0.316. The van der Waals surface area contributed by atoms with E-state index in [1.807, 2.05) is 42.5 Å². The SMILES string of the molecule is COc1ccc(CN(C)C(=O)NC[C@H]2Cc3ccccc3O2)cc1. The third-order valence-electron chi connectivity index (χ3n) is 4.12. The molecule has 0 aliphatic carbocycles. The number of hydrogen-bond donors (Lipinski definition) is 1. The summed E-state index contributed by atoms with van der Waals surface area (Å²) in [6, 6.07) is 15.6. The molecule has 2 aromatic rings. The summed E-state index contributed by atoms with van der Waals surface area (Å²) in [6.07, 6.45) is 0.833. The third kappa shape index (κ3) is 3.79. The summed E-state index contributed by atoms with van der Waals surface area (Å²) in [5.74, 6) is 1.73. The quantitative estimate of drug-likeness (QED) is 0.919. The number of para-hydroxylation sites is 1. The van der Waals surface area contributed by atoms with Crippen LogP contribution in [-0.4, -0.2) is 37.7 Å². The number of methoxy groups -OCH3 is 1. The Bertz CT molecular complexity index is 675. The zero-order valence-electron chi connectivity index (χ0n) is 14.0. The van der Waals surface area contributed by atoms with E-state index in [0.717, 1.165) is 23.5 Å². The maximum atomic E-state index is 12.2. The molecular formula is C19H22N2O3. The van der Waals surface area contributed by atoms with Gasteiger partial charge in [-0.1, -0.05) is 30.3 Å². The highest BCUT2D eigenvalue weighted by atomic mass is 16.5. The number of rotatable bonds is 5. The smallest absolute Gasteiger partial charge is 0.317 e. The molecule has 0 radical (unpaired) electrons. The monoisotopic (exact) mass is 326 g/mol. The Morgan fingerprint density at radius 2 is 2.00 bits per heavy atom. The number of urea groups is 1. The van der Waals surface area contributed by atoms with Gasteiger partial charge >= 0.3 is 6.03 Å². The van der Waals surface area contributed by atoms with Crippen molar-refractivity contribution in [2.45, 2.75) is 19.1 Å². The number of benzene rings is 2. The zero-order chi connectivity index (χ0) is 16.9. The van der Waals surface area contributed by atoms with Crippen molar-refractivity contribution in [1.29, 1.82) is 0 Å². The lowest BCUT2D eigenvalue weighted by atomic mass is 10.1. The van der Waals surface area contributed by atoms with Gasteiger partial charge in [0.15, 0.2) is 0 Å². The van der Waals surface area contributed by atoms with Gasteiger partial charge in [0.1, 0.15) is 17.6 Å². The topological polar surface area (TPSA) is 50.8 Å². The fourth-order valence-corrected chi connectivity index (χ4v) is 2.78. The first-order valence-electron chi connectivity index (χ1n) is 8.02. The highest BCUT2D eigenvalue weighted by Crippen LogP contribution is 2.27. The van der Waals surface area contributed by atoms with Crippen LogP contribution < -0.4 is 14.8 Å². The van der Waals surface area contributed by atoms with Gasteiger partial charge in [0.2, 0.25) is 0 Å². The van der Waals surface area contributed by atoms with E-state index in [4.69, 9.17) is 9.47 Å². The van der Waals surface area contributed by atoms with Crippen LogP contribution in [0.15, 0.2) is 48.5 Å². The van der Waals surface area contributed by atoms with E-state index < -0.39 is 0 Å². The first-order chi connectivity index (χ1) is 11.7. The molecule has 1 atom stereocenters. The Morgan fingerprint density at radius 3 is 2.71 bits per heavy atom. The van der Waals surface area contributed by atoms with Crippen LogP contribution in [0.5, 0.6) is 11.5 Å². The Kier molecular flexibility index (Phi) is 4.89. The second-order valence-electron chi connectivity index (χ2n) is 5.94. The van der Waals surface area contributed by atoms with E-state index in [2.05, 4.69) is 11.4 Å². The minimum Gasteiger partial charge on any atom is -0.497 e. The molecule has 0 fully saturated rings. The number of nitrogens with zero attached hydrogens (tertiary/aromatic N) is 1. The summed E-state index contributed by atoms with van der Waals surface area (Å²) >= 11 is 0. The minimum absolute atomic E-state index is 0.000682. The van der Waals surface area contributed by atoms with Gasteiger partial charge in [0, 0.05) is 20.0 Å². The average Bonchev–Trinajstić information content (AvgIpc) is 3.03. The van der Waals surface area contributed by atoms with E-state index >= 15 is 0 Å². The molecule has 1 aliphatic heterocycles. The maximum absolute atomic E-state index is 12.2. The molecule has 126 valence electrons. The van der Waals surface area contributed by atoms with Crippen molar-refractivity contribution in [2.75, 3.05) is 20.7 Å². The molecular weight excluding hydrogens is 304 g/mol. The highest BCUT2D eigenvalue weighted by molar-refractivity contribution is 5.73. The van der Waals surface area contributed by atoms with E-state index in [9.17, 15) is 4.79 Å². The van der Waals surface area contributed by atoms with Crippen molar-refractivity contribution in [3.05, 3.63) is 59.7 Å². The number of carbonyl (C=O) groups is 1. The standard InChI is InChI=1S/C19H22N2O3/c1-21(13-14-7-9-16(23-2)10-8-14)19(22)20-12-17-11-15-5-3-4-6-18(15)24-17/h3-10,17H,11-13H2,1-2H3,(H,20,22)/t17-/m1/s1. The van der Waals surface area contributed by atoms with Crippen molar-refractivity contribution in [3.63, 3.8) is 0 Å². The molecule has 0 unspecified atom stereocenters. The summed E-state index contributed by atoms with van der Waals surface area (Å²) in [6.45, 7) is 1.04. The van der Waals surface area contributed by atoms with Gasteiger partial charge < -0.3 is 19.7 Å². The first kappa shape index (κ1) is 16.2. The average molecular weight is 326 g/mol. The molecule has 3 rings (SSSR count). The summed E-state index contributed by atoms with van der Waals surface area (Å²) in [7, 11) is 3.42. The van der Waals surface area contributed by atoms with E-state index in [1.165, 1.54) is 5.56 Å². The molecule has 2 aromatic carbocycles. The van der Waals surface area contributed by atoms with Crippen LogP contribution in [0.1, 0.15) is 11.1 Å². The van der Waals surface area contributed by atoms with Gasteiger partial charge in [0.25, 0.3) is 0 Å². The number of nitrogens with one attached hydrogen (secondary N) is 1. The Labute approximate surface area is 142 Å². The van der Waals surface area contributed by atoms with Crippen molar-refractivity contribution in [1.82, 2.24) is 10.2 Å². The van der Waals surface area contributed by atoms with Crippen molar-refractivity contribution >= 4 is 6.03 Å². The molecule has 0 saturated heterocycles. The zero-order valence-corrected chi connectivity index (χ0v) is 14.0. The normalized spacial score (nSPS) is 15.3. The van der Waals surface area contributed by atoms with E-state index in [0.29, 0.717) is 13.1 Å². The van der Waals surface area contributed by atoms with Crippen LogP contribution in [0.25, 0.3) is 0 Å². The summed E-state index contributed by atoms with van der Waals surface area (Å²) in [5.41, 5.74) is 2.25. The maximum Gasteiger partial charge on any atom is 0.317 e. The van der Waals surface area contributed by atoms with Crippen molar-refractivity contribution in [2.24, 2.45) is 0 Å². The molecule has 0 bridgehead atoms. The molecule has 1 N–H and O–H groups in total. The molecule has 1 aliphatic rings. The fourth-order valence-electron chi connectivity index (χ4n) is 2.78. The number of ether oxygens (including phenoxy) is 2. The van der Waals surface area contributed by atoms with Crippen LogP contribution in [-0.2, 0) is 13.0 Å². The Balaban J connectivity index is 1.46. The second-order valence-corrected chi connectivity index (χ2v) is 5.94. The molecule has 0 aromatic heterocycles. The van der Waals surface area contributed by atoms with E-state index in [-0.39, 0.29) is 12.1 Å². The number of hydrogen-bond acceptors (Lipinski definition) is 3. The van der Waals surface area contributed by atoms with Gasteiger partial charge in [-0.05, 0) is 29.3 Å². The minimum atomic E-state index is -0.106. The Morgan fingerprint density at radius 1 is 1.25 bits per heavy atom. The molecule has 0 saturated carbocycles. The van der Waals surface area contributed by atoms with Gasteiger partial charge in [-0.15, -0.1) is 0 Å². The number of carbonyl (C=O) groups excluding carboxylic acids is 1. The molecule has 1 heterocycles. The molecule has 0 spiro atoms. The van der Waals surface area contributed by atoms with Gasteiger partial charge in [0.05, 0.1) is 13.7 Å². The van der Waals surface area contributed by atoms with Crippen LogP contribution in [0.2, 0.25) is 0 Å². The number of fused-ring (bicyclic) bond motifs is 1. The third-order valence-corrected chi connectivity index (χ3v) is 4.12. The van der Waals surface area contributed by atoms with Crippen molar-refractivity contribution < 1.29 is 14.3 Å². The van der Waals surface area contributed by atoms with Crippen LogP contribution in [0.3, 0.4) is 0 Å². The lowest BCUT2D eigenvalue weighted by Gasteiger charge is -2.20. The van der Waals surface area contributed by atoms with Gasteiger partial charge in [-0.25, -0.2) is 4.79 Å². The van der Waals surface area contributed by atoms with Crippen molar-refractivity contribution in [3.8, 4) is 11.5 Å². The summed E-state index contributed by atoms with van der Waals surface area (Å²) in [4.78, 5) is 13.9. The highest BCUT2D eigenvalue weighted by Gasteiger charge is 2.23.